The molecule has 0 aromatic heterocycles. The second-order valence-electron chi connectivity index (χ2n) is 7.12. The third kappa shape index (κ3) is 9.76. The molecule has 0 aliphatic rings. The zero-order valence-electron chi connectivity index (χ0n) is 17.6. The summed E-state index contributed by atoms with van der Waals surface area (Å²) >= 11 is 0. The largest absolute Gasteiger partial charge is 0.493 e. The molecule has 0 unspecified atom stereocenters. The van der Waals surface area contributed by atoms with E-state index >= 15 is 0 Å². The topological polar surface area (TPSA) is 87.1 Å². The van der Waals surface area contributed by atoms with Gasteiger partial charge in [0.25, 0.3) is 0 Å². The highest BCUT2D eigenvalue weighted by Crippen LogP contribution is 2.24. The number of rotatable bonds is 8. The minimum atomic E-state index is -1.82. The summed E-state index contributed by atoms with van der Waals surface area (Å²) in [6.45, 7) is 9.30. The number of aryl methyl sites for hydroxylation is 3. The summed E-state index contributed by atoms with van der Waals surface area (Å²) in [7, 11) is 2.18. The van der Waals surface area contributed by atoms with E-state index in [-0.39, 0.29) is 0 Å². The summed E-state index contributed by atoms with van der Waals surface area (Å²) in [5.74, 6) is -2.58. The highest BCUT2D eigenvalue weighted by atomic mass is 16.5. The monoisotopic (exact) mass is 401 g/mol. The number of nitrogens with zero attached hydrogens (tertiary/aromatic N) is 1. The minimum Gasteiger partial charge on any atom is -0.493 e. The highest BCUT2D eigenvalue weighted by Gasteiger charge is 2.05. The van der Waals surface area contributed by atoms with Crippen LogP contribution in [0.15, 0.2) is 42.5 Å². The normalized spacial score (nSPS) is 10.2. The number of carboxylic acids is 2. The zero-order chi connectivity index (χ0) is 21.8. The van der Waals surface area contributed by atoms with Gasteiger partial charge in [0.15, 0.2) is 0 Å². The van der Waals surface area contributed by atoms with Crippen LogP contribution < -0.4 is 4.74 Å². The van der Waals surface area contributed by atoms with Crippen molar-refractivity contribution in [2.75, 3.05) is 20.2 Å². The molecule has 0 radical (unpaired) electrons. The Labute approximate surface area is 172 Å². The van der Waals surface area contributed by atoms with Crippen LogP contribution >= 0.6 is 0 Å². The van der Waals surface area contributed by atoms with Gasteiger partial charge in [-0.05, 0) is 63.9 Å². The highest BCUT2D eigenvalue weighted by molar-refractivity contribution is 6.27. The van der Waals surface area contributed by atoms with Gasteiger partial charge < -0.3 is 19.8 Å². The van der Waals surface area contributed by atoms with Crippen LogP contribution in [0, 0.1) is 20.8 Å². The minimum absolute atomic E-state index is 0.796. The summed E-state index contributed by atoms with van der Waals surface area (Å²) < 4.78 is 6.00. The zero-order valence-corrected chi connectivity index (χ0v) is 17.6. The first-order valence-electron chi connectivity index (χ1n) is 9.60. The van der Waals surface area contributed by atoms with E-state index in [0.717, 1.165) is 38.3 Å². The molecule has 0 bridgehead atoms. The van der Waals surface area contributed by atoms with E-state index in [4.69, 9.17) is 24.5 Å². The second kappa shape index (κ2) is 12.6. The fraction of sp³-hybridized carbons (Fsp3) is 0.391. The van der Waals surface area contributed by atoms with Crippen LogP contribution in [-0.2, 0) is 16.1 Å². The predicted molar refractivity (Wildman–Crippen MR) is 113 cm³/mol. The molecule has 0 saturated carbocycles. The molecule has 2 N–H and O–H groups in total. The Bertz CT molecular complexity index is 754. The maximum atomic E-state index is 9.10. The first-order chi connectivity index (χ1) is 13.7. The molecule has 2 rings (SSSR count). The van der Waals surface area contributed by atoms with E-state index in [1.54, 1.807) is 0 Å². The Balaban J connectivity index is 0.000000612. The number of benzene rings is 2. The number of unbranched alkanes of at least 4 members (excludes halogenated alkanes) is 1. The molecule has 0 aliphatic heterocycles. The number of hydrogen-bond acceptors (Lipinski definition) is 4. The molecular formula is C23H31NO5. The van der Waals surface area contributed by atoms with E-state index in [0.29, 0.717) is 0 Å². The van der Waals surface area contributed by atoms with E-state index in [1.807, 2.05) is 0 Å². The Morgan fingerprint density at radius 1 is 0.931 bits per heavy atom. The summed E-state index contributed by atoms with van der Waals surface area (Å²) in [5, 5.41) is 14.8. The molecule has 29 heavy (non-hydrogen) atoms. The van der Waals surface area contributed by atoms with Crippen molar-refractivity contribution in [3.05, 3.63) is 64.7 Å². The van der Waals surface area contributed by atoms with Crippen LogP contribution in [0.3, 0.4) is 0 Å². The summed E-state index contributed by atoms with van der Waals surface area (Å²) in [4.78, 5) is 20.6. The maximum Gasteiger partial charge on any atom is 0.414 e. The quantitative estimate of drug-likeness (QED) is 0.512. The number of ether oxygens (including phenoxy) is 1. The molecule has 2 aromatic carbocycles. The van der Waals surface area contributed by atoms with Crippen molar-refractivity contribution < 1.29 is 24.5 Å². The van der Waals surface area contributed by atoms with Crippen LogP contribution in [0.1, 0.15) is 35.1 Å². The van der Waals surface area contributed by atoms with Crippen molar-refractivity contribution in [1.82, 2.24) is 4.90 Å². The lowest BCUT2D eigenvalue weighted by atomic mass is 10.1. The average molecular weight is 402 g/mol. The van der Waals surface area contributed by atoms with E-state index < -0.39 is 11.9 Å². The molecule has 0 saturated heterocycles. The van der Waals surface area contributed by atoms with Crippen molar-refractivity contribution in [2.45, 2.75) is 40.2 Å². The first-order valence-corrected chi connectivity index (χ1v) is 9.60. The Hall–Kier alpha value is -2.86. The molecule has 6 heteroatoms. The van der Waals surface area contributed by atoms with Gasteiger partial charge >= 0.3 is 11.9 Å². The molecule has 0 spiro atoms. The first kappa shape index (κ1) is 24.2. The Morgan fingerprint density at radius 3 is 2.00 bits per heavy atom. The second-order valence-corrected chi connectivity index (χ2v) is 7.12. The molecule has 0 fully saturated rings. The van der Waals surface area contributed by atoms with Gasteiger partial charge in [0, 0.05) is 6.54 Å². The third-order valence-electron chi connectivity index (χ3n) is 4.26. The summed E-state index contributed by atoms with van der Waals surface area (Å²) in [5.41, 5.74) is 5.15. The maximum absolute atomic E-state index is 9.10. The van der Waals surface area contributed by atoms with Crippen molar-refractivity contribution in [3.8, 4) is 5.75 Å². The lowest BCUT2D eigenvalue weighted by Gasteiger charge is -2.17. The lowest BCUT2D eigenvalue weighted by Crippen LogP contribution is -2.19. The van der Waals surface area contributed by atoms with Crippen molar-refractivity contribution >= 4 is 11.9 Å². The van der Waals surface area contributed by atoms with Gasteiger partial charge in [0.1, 0.15) is 5.75 Å². The van der Waals surface area contributed by atoms with Gasteiger partial charge in [-0.3, -0.25) is 0 Å². The third-order valence-corrected chi connectivity index (χ3v) is 4.26. The number of aliphatic carboxylic acids is 2. The van der Waals surface area contributed by atoms with Gasteiger partial charge in [-0.2, -0.15) is 0 Å². The lowest BCUT2D eigenvalue weighted by molar-refractivity contribution is -0.159. The van der Waals surface area contributed by atoms with Gasteiger partial charge in [-0.15, -0.1) is 0 Å². The summed E-state index contributed by atoms with van der Waals surface area (Å²) in [6, 6.07) is 15.0. The van der Waals surface area contributed by atoms with E-state index in [9.17, 15) is 0 Å². The van der Waals surface area contributed by atoms with Gasteiger partial charge in [0.05, 0.1) is 6.61 Å². The van der Waals surface area contributed by atoms with E-state index in [2.05, 4.69) is 75.2 Å². The van der Waals surface area contributed by atoms with Crippen LogP contribution in [0.25, 0.3) is 0 Å². The van der Waals surface area contributed by atoms with Gasteiger partial charge in [0.2, 0.25) is 0 Å². The molecule has 158 valence electrons. The number of hydrogen-bond donors (Lipinski definition) is 2. The van der Waals surface area contributed by atoms with Crippen LogP contribution in [0.4, 0.5) is 0 Å². The molecule has 0 heterocycles. The number of carbonyl (C=O) groups is 2. The Kier molecular flexibility index (Phi) is 10.5. The molecule has 2 aromatic rings. The fourth-order valence-electron chi connectivity index (χ4n) is 3.03. The molecule has 0 atom stereocenters. The molecule has 6 nitrogen and oxygen atoms in total. The van der Waals surface area contributed by atoms with E-state index in [1.165, 1.54) is 22.3 Å². The van der Waals surface area contributed by atoms with Crippen LogP contribution in [-0.4, -0.2) is 47.3 Å². The predicted octanol–water partition coefficient (Wildman–Crippen LogP) is 4.06. The number of carboxylic acid groups (broad SMARTS) is 2. The van der Waals surface area contributed by atoms with Crippen LogP contribution in [0.5, 0.6) is 5.75 Å². The SMILES string of the molecule is Cc1cc(C)c(OCCCCN(C)Cc2ccccc2)c(C)c1.O=C(O)C(=O)O. The average Bonchev–Trinajstić information content (AvgIpc) is 2.64. The fourth-order valence-corrected chi connectivity index (χ4v) is 3.03. The van der Waals surface area contributed by atoms with Crippen LogP contribution in [0.2, 0.25) is 0 Å². The Morgan fingerprint density at radius 2 is 1.48 bits per heavy atom. The van der Waals surface area contributed by atoms with Gasteiger partial charge in [-0.25, -0.2) is 9.59 Å². The standard InChI is InChI=1S/C21H29NO.C2H2O4/c1-17-14-18(2)21(19(3)15-17)23-13-9-8-12-22(4)16-20-10-6-5-7-11-20;3-1(4)2(5)6/h5-7,10-11,14-15H,8-9,12-13,16H2,1-4H3;(H,3,4)(H,5,6). The van der Waals surface area contributed by atoms with Crippen molar-refractivity contribution in [1.29, 1.82) is 0 Å². The molecule has 0 amide bonds. The van der Waals surface area contributed by atoms with Crippen molar-refractivity contribution in [2.24, 2.45) is 0 Å². The smallest absolute Gasteiger partial charge is 0.414 e. The molecule has 0 aliphatic carbocycles. The van der Waals surface area contributed by atoms with Crippen molar-refractivity contribution in [3.63, 3.8) is 0 Å². The summed E-state index contributed by atoms with van der Waals surface area (Å²) in [6.07, 6.45) is 2.25. The molecular weight excluding hydrogens is 370 g/mol. The van der Waals surface area contributed by atoms with Gasteiger partial charge in [-0.1, -0.05) is 48.0 Å².